The number of carbonyl (C=O) groups is 2. The van der Waals surface area contributed by atoms with Crippen LogP contribution in [0.1, 0.15) is 23.1 Å². The maximum absolute atomic E-state index is 11.4. The van der Waals surface area contributed by atoms with Gasteiger partial charge < -0.3 is 22.6 Å². The Labute approximate surface area is 149 Å². The van der Waals surface area contributed by atoms with E-state index in [1.54, 1.807) is 0 Å². The first-order valence-electron chi connectivity index (χ1n) is 5.26. The summed E-state index contributed by atoms with van der Waals surface area (Å²) in [6.45, 7) is 2.21. The van der Waals surface area contributed by atoms with Gasteiger partial charge in [0.25, 0.3) is 0 Å². The largest absolute Gasteiger partial charge is 2.00 e. The first-order chi connectivity index (χ1) is 8.49. The number of hydrogen-bond acceptors (Lipinski definition) is 7. The van der Waals surface area contributed by atoms with Crippen molar-refractivity contribution in [3.8, 4) is 0 Å². The average molecular weight is 341 g/mol. The molecule has 9 nitrogen and oxygen atoms in total. The van der Waals surface area contributed by atoms with Crippen molar-refractivity contribution in [1.29, 1.82) is 0 Å². The molecule has 0 unspecified atom stereocenters. The Morgan fingerprint density at radius 1 is 1.40 bits per heavy atom. The monoisotopic (exact) mass is 341 g/mol. The number of aliphatic hydroxyl groups excluding tert-OH is 2. The summed E-state index contributed by atoms with van der Waals surface area (Å²) in [5.74, 6) is -2.07. The van der Waals surface area contributed by atoms with Gasteiger partial charge in [0.1, 0.15) is 6.10 Å². The van der Waals surface area contributed by atoms with Gasteiger partial charge in [-0.05, 0) is 0 Å². The van der Waals surface area contributed by atoms with Gasteiger partial charge in [0.05, 0.1) is 13.0 Å². The van der Waals surface area contributed by atoms with E-state index in [2.05, 4.69) is 9.50 Å². The Bertz CT molecular complexity index is 445. The number of hydrogen-bond donors (Lipinski definition) is 4. The van der Waals surface area contributed by atoms with Gasteiger partial charge >= 0.3 is 54.1 Å². The van der Waals surface area contributed by atoms with Gasteiger partial charge in [-0.2, -0.15) is 8.42 Å². The molecule has 4 N–H and O–H groups in total. The van der Waals surface area contributed by atoms with Crippen LogP contribution in [-0.4, -0.2) is 92.1 Å². The molecule has 20 heavy (non-hydrogen) atoms. The minimum atomic E-state index is -4.86. The molecule has 0 spiro atoms. The number of carbonyl (C=O) groups excluding carboxylic acids is 2. The summed E-state index contributed by atoms with van der Waals surface area (Å²) in [5.41, 5.74) is -1.06. The Morgan fingerprint density at radius 3 is 2.30 bits per heavy atom. The molecule has 0 radical (unpaired) electrons. The smallest absolute Gasteiger partial charge is 1.00 e. The molecule has 1 atom stereocenters. The van der Waals surface area contributed by atoms with E-state index in [0.717, 1.165) is 0 Å². The van der Waals surface area contributed by atoms with E-state index in [1.165, 1.54) is 13.8 Å². The summed E-state index contributed by atoms with van der Waals surface area (Å²) in [4.78, 5) is 22.3. The van der Waals surface area contributed by atoms with Crippen molar-refractivity contribution in [1.82, 2.24) is 5.32 Å². The number of amides is 1. The van der Waals surface area contributed by atoms with Gasteiger partial charge in [0.2, 0.25) is 5.91 Å². The summed E-state index contributed by atoms with van der Waals surface area (Å²) < 4.78 is 32.2. The predicted molar refractivity (Wildman–Crippen MR) is 70.1 cm³/mol. The molecule has 0 aliphatic carbocycles. The topological polar surface area (TPSA) is 150 Å². The molecule has 0 saturated carbocycles. The third-order valence-electron chi connectivity index (χ3n) is 2.22. The SMILES string of the molecule is CC(C)(CO)[C@@H](O)C(=O)NCCC(=O)OS(=O)(=O)O.[Ca+2].[H-].[H-]. The zero-order valence-electron chi connectivity index (χ0n) is 13.2. The van der Waals surface area contributed by atoms with Crippen LogP contribution in [0.4, 0.5) is 0 Å². The van der Waals surface area contributed by atoms with E-state index in [9.17, 15) is 23.1 Å². The van der Waals surface area contributed by atoms with Crippen LogP contribution in [0.15, 0.2) is 0 Å². The summed E-state index contributed by atoms with van der Waals surface area (Å²) in [6, 6.07) is 0. The Kier molecular flexibility index (Phi) is 10.2. The normalized spacial score (nSPS) is 13.1. The Morgan fingerprint density at radius 2 is 1.90 bits per heavy atom. The molecule has 1 amide bonds. The van der Waals surface area contributed by atoms with Crippen molar-refractivity contribution in [3.05, 3.63) is 0 Å². The summed E-state index contributed by atoms with van der Waals surface area (Å²) >= 11 is 0. The fourth-order valence-electron chi connectivity index (χ4n) is 0.985. The molecule has 0 rings (SSSR count). The number of rotatable bonds is 7. The second-order valence-electron chi connectivity index (χ2n) is 4.47. The molecule has 0 fully saturated rings. The molecule has 0 aliphatic rings. The van der Waals surface area contributed by atoms with E-state index in [4.69, 9.17) is 9.66 Å². The maximum atomic E-state index is 11.4. The van der Waals surface area contributed by atoms with Crippen LogP contribution in [0.25, 0.3) is 0 Å². The van der Waals surface area contributed by atoms with E-state index in [1.807, 2.05) is 0 Å². The Balaban J connectivity index is -0.000000540. The first kappa shape index (κ1) is 22.3. The van der Waals surface area contributed by atoms with Crippen LogP contribution in [0, 0.1) is 5.41 Å². The molecule has 0 saturated heterocycles. The van der Waals surface area contributed by atoms with Gasteiger partial charge in [-0.15, -0.1) is 0 Å². The van der Waals surface area contributed by atoms with Crippen molar-refractivity contribution in [3.63, 3.8) is 0 Å². The van der Waals surface area contributed by atoms with Crippen molar-refractivity contribution in [2.45, 2.75) is 26.4 Å². The second-order valence-corrected chi connectivity index (χ2v) is 5.50. The van der Waals surface area contributed by atoms with Crippen molar-refractivity contribution >= 4 is 60.0 Å². The van der Waals surface area contributed by atoms with Crippen LogP contribution in [0.5, 0.6) is 0 Å². The minimum Gasteiger partial charge on any atom is -1.00 e. The van der Waals surface area contributed by atoms with Crippen molar-refractivity contribution in [2.75, 3.05) is 13.2 Å². The average Bonchev–Trinajstić information content (AvgIpc) is 2.25. The molecule has 0 aliphatic heterocycles. The van der Waals surface area contributed by atoms with Crippen LogP contribution < -0.4 is 5.32 Å². The van der Waals surface area contributed by atoms with Gasteiger partial charge in [0, 0.05) is 12.0 Å². The maximum Gasteiger partial charge on any atom is 2.00 e. The quantitative estimate of drug-likeness (QED) is 0.308. The van der Waals surface area contributed by atoms with Gasteiger partial charge in [-0.1, -0.05) is 13.8 Å². The summed E-state index contributed by atoms with van der Waals surface area (Å²) in [7, 11) is -4.86. The fraction of sp³-hybridized carbons (Fsp3) is 0.778. The van der Waals surface area contributed by atoms with Gasteiger partial charge in [-0.3, -0.25) is 14.1 Å². The van der Waals surface area contributed by atoms with Crippen LogP contribution in [-0.2, 0) is 24.2 Å². The van der Waals surface area contributed by atoms with E-state index in [-0.39, 0.29) is 47.1 Å². The standard InChI is InChI=1S/C9H17NO8S.Ca.2H/c1-9(2,5-11)7(13)8(14)10-4-3-6(12)18-19(15,16)17;;;/h7,11,13H,3-5H2,1-2H3,(H,10,14)(H,15,16,17);;;/q;+2;2*-1/t7-;;;/m0.../s1. The van der Waals surface area contributed by atoms with E-state index >= 15 is 0 Å². The Hall–Kier alpha value is 0.0297. The fourth-order valence-corrected chi connectivity index (χ4v) is 1.30. The second kappa shape index (κ2) is 9.13. The molecule has 0 bridgehead atoms. The van der Waals surface area contributed by atoms with Crippen LogP contribution in [0.3, 0.4) is 0 Å². The third kappa shape index (κ3) is 9.06. The molecule has 11 heteroatoms. The van der Waals surface area contributed by atoms with Crippen molar-refractivity contribution < 1.29 is 39.8 Å². The molecule has 0 aromatic heterocycles. The zero-order chi connectivity index (χ0) is 15.3. The van der Waals surface area contributed by atoms with E-state index < -0.39 is 46.8 Å². The third-order valence-corrected chi connectivity index (χ3v) is 2.62. The van der Waals surface area contributed by atoms with Crippen LogP contribution >= 0.6 is 0 Å². The molecule has 116 valence electrons. The zero-order valence-corrected chi connectivity index (χ0v) is 14.2. The predicted octanol–water partition coefficient (Wildman–Crippen LogP) is -1.94. The minimum absolute atomic E-state index is 0. The first-order valence-corrected chi connectivity index (χ1v) is 6.62. The summed E-state index contributed by atoms with van der Waals surface area (Å²) in [5, 5.41) is 20.7. The van der Waals surface area contributed by atoms with Crippen LogP contribution in [0.2, 0.25) is 0 Å². The van der Waals surface area contributed by atoms with Gasteiger partial charge in [-0.25, -0.2) is 0 Å². The van der Waals surface area contributed by atoms with Crippen molar-refractivity contribution in [2.24, 2.45) is 5.41 Å². The van der Waals surface area contributed by atoms with Gasteiger partial charge in [0.15, 0.2) is 0 Å². The molecule has 0 aromatic carbocycles. The number of nitrogens with one attached hydrogen (secondary N) is 1. The molecular weight excluding hydrogens is 322 g/mol. The summed E-state index contributed by atoms with van der Waals surface area (Å²) in [6.07, 6.45) is -1.99. The molecule has 0 heterocycles. The van der Waals surface area contributed by atoms with E-state index in [0.29, 0.717) is 0 Å². The number of aliphatic hydroxyl groups is 2. The molecule has 0 aromatic rings. The molecular formula is C9H19CaNO8S.